The summed E-state index contributed by atoms with van der Waals surface area (Å²) in [6.07, 6.45) is 0. The van der Waals surface area contributed by atoms with Gasteiger partial charge in [-0.2, -0.15) is 0 Å². The van der Waals surface area contributed by atoms with Gasteiger partial charge in [-0.3, -0.25) is 0 Å². The number of carbonyl (C=O) groups excluding carboxylic acids is 3. The van der Waals surface area contributed by atoms with Gasteiger partial charge in [0.25, 0.3) is 0 Å². The van der Waals surface area contributed by atoms with Crippen molar-refractivity contribution in [3.8, 4) is 46.0 Å². The van der Waals surface area contributed by atoms with E-state index in [9.17, 15) is 14.4 Å². The Morgan fingerprint density at radius 2 is 0.557 bits per heavy atom. The fraction of sp³-hybridized carbons (Fsp3) is 0.488. The maximum absolute atomic E-state index is 14.0. The van der Waals surface area contributed by atoms with Crippen LogP contribution in [0.15, 0.2) is 19.6 Å². The quantitative estimate of drug-likeness (QED) is 0.131. The van der Waals surface area contributed by atoms with E-state index in [2.05, 4.69) is 27.7 Å². The first-order chi connectivity index (χ1) is 28.2. The third-order valence-electron chi connectivity index (χ3n) is 10.1. The Kier molecular flexibility index (Phi) is 9.13. The van der Waals surface area contributed by atoms with Gasteiger partial charge in [0.05, 0.1) is 52.1 Å². The Hall–Kier alpha value is -4.13. The number of methoxy groups -OCH3 is 3. The largest absolute Gasteiger partial charge is 0.465 e. The number of benzene rings is 3. The average molecular weight is 914 g/mol. The summed E-state index contributed by atoms with van der Waals surface area (Å²) in [5, 5.41) is 0. The second-order valence-corrected chi connectivity index (χ2v) is 24.7. The van der Waals surface area contributed by atoms with Crippen LogP contribution in [-0.4, -0.2) is 70.5 Å². The zero-order valence-electron chi connectivity index (χ0n) is 36.3. The molecule has 0 fully saturated rings. The van der Waals surface area contributed by atoms with Crippen molar-refractivity contribution in [1.29, 1.82) is 0 Å². The molecule has 0 saturated heterocycles. The van der Waals surface area contributed by atoms with Crippen molar-refractivity contribution >= 4 is 65.0 Å². The standard InChI is InChI=1S/C43H45O14S4/c1-38(2)50-23-17(24-28(55-39(3,4)51-24)20(27(23)54-38)35(44)47-13)16(18-25-29(56-40(5,6)52-25)21(36(45)48-14)30-26(18)53-41(7,8)57-30)19-31-33(60-42(9,10)58-31)22(37(46)49-15)34-32(19)59-43(11,12)61-34/h1-15H3. The number of rotatable bonds is 6. The number of esters is 3. The molecule has 0 aromatic heterocycles. The zero-order valence-corrected chi connectivity index (χ0v) is 39.6. The molecule has 61 heavy (non-hydrogen) atoms. The molecule has 6 heterocycles. The van der Waals surface area contributed by atoms with E-state index in [1.165, 1.54) is 21.3 Å². The van der Waals surface area contributed by atoms with Crippen LogP contribution in [0.3, 0.4) is 0 Å². The predicted molar refractivity (Wildman–Crippen MR) is 227 cm³/mol. The fourth-order valence-electron chi connectivity index (χ4n) is 8.14. The van der Waals surface area contributed by atoms with Crippen LogP contribution in [0.25, 0.3) is 0 Å². The Bertz CT molecular complexity index is 2130. The Balaban J connectivity index is 1.53. The number of hydrogen-bond acceptors (Lipinski definition) is 18. The summed E-state index contributed by atoms with van der Waals surface area (Å²) in [4.78, 5) is 44.7. The minimum absolute atomic E-state index is 0.0293. The molecule has 0 bridgehead atoms. The van der Waals surface area contributed by atoms with Crippen molar-refractivity contribution in [2.24, 2.45) is 0 Å². The fourth-order valence-corrected chi connectivity index (χ4v) is 14.0. The molecule has 6 aliphatic heterocycles. The third kappa shape index (κ3) is 6.51. The summed E-state index contributed by atoms with van der Waals surface area (Å²) in [6.45, 7) is 22.1. The SMILES string of the molecule is COC(=O)c1c2c(c([C](c3c4c(c(C(=O)OC)c5c3OC(C)(C)O5)OC(C)(C)O4)c3c4c(c(C(=O)OC)c5c3SC(C)(C)S5)SC(C)(C)S4)c3c1OC(C)(C)O3)OC(C)(C)O2. The van der Waals surface area contributed by atoms with Crippen molar-refractivity contribution in [1.82, 2.24) is 0 Å². The maximum Gasteiger partial charge on any atom is 0.345 e. The molecule has 18 heteroatoms. The molecular formula is C43H45O14S4. The number of hydrogen-bond donors (Lipinski definition) is 0. The molecule has 14 nitrogen and oxygen atoms in total. The zero-order chi connectivity index (χ0) is 44.3. The van der Waals surface area contributed by atoms with Gasteiger partial charge in [-0.15, -0.1) is 47.0 Å². The normalized spacial score (nSPS) is 21.0. The number of carbonyl (C=O) groups is 3. The summed E-state index contributed by atoms with van der Waals surface area (Å²) >= 11 is 6.26. The summed E-state index contributed by atoms with van der Waals surface area (Å²) in [5.74, 6) is -5.99. The van der Waals surface area contributed by atoms with Gasteiger partial charge in [-0.05, 0) is 33.3 Å². The molecule has 3 aromatic carbocycles. The van der Waals surface area contributed by atoms with Crippen molar-refractivity contribution in [2.45, 2.75) is 134 Å². The average Bonchev–Trinajstić information content (AvgIpc) is 3.95. The first-order valence-corrected chi connectivity index (χ1v) is 22.6. The van der Waals surface area contributed by atoms with Crippen LogP contribution in [0, 0.1) is 5.92 Å². The van der Waals surface area contributed by atoms with Crippen LogP contribution in [0.1, 0.15) is 131 Å². The Morgan fingerprint density at radius 3 is 0.803 bits per heavy atom. The second-order valence-electron chi connectivity index (χ2n) is 17.7. The molecule has 1 radical (unpaired) electrons. The highest BCUT2D eigenvalue weighted by molar-refractivity contribution is 8.21. The molecule has 0 amide bonds. The van der Waals surface area contributed by atoms with Gasteiger partial charge in [0.2, 0.25) is 23.1 Å². The highest BCUT2D eigenvalue weighted by Gasteiger charge is 2.56. The van der Waals surface area contributed by atoms with Crippen LogP contribution >= 0.6 is 47.0 Å². The van der Waals surface area contributed by atoms with E-state index in [0.717, 1.165) is 9.79 Å². The van der Waals surface area contributed by atoms with Crippen LogP contribution in [0.4, 0.5) is 0 Å². The summed E-state index contributed by atoms with van der Waals surface area (Å²) < 4.78 is 68.3. The number of fused-ring (bicyclic) bond motifs is 6. The molecule has 325 valence electrons. The third-order valence-corrected chi connectivity index (χ3v) is 15.7. The monoisotopic (exact) mass is 913 g/mol. The molecule has 0 aliphatic carbocycles. The molecule has 3 aromatic rings. The molecule has 0 spiro atoms. The van der Waals surface area contributed by atoms with Gasteiger partial charge < -0.3 is 52.1 Å². The molecule has 9 rings (SSSR count). The Morgan fingerprint density at radius 1 is 0.344 bits per heavy atom. The molecule has 0 N–H and O–H groups in total. The van der Waals surface area contributed by atoms with Crippen molar-refractivity contribution < 1.29 is 66.5 Å². The lowest BCUT2D eigenvalue weighted by molar-refractivity contribution is -0.0497. The number of thioether (sulfide) groups is 4. The van der Waals surface area contributed by atoms with Gasteiger partial charge in [-0.1, -0.05) is 0 Å². The van der Waals surface area contributed by atoms with E-state index < -0.39 is 49.2 Å². The minimum atomic E-state index is -1.31. The second kappa shape index (κ2) is 13.2. The van der Waals surface area contributed by atoms with Crippen molar-refractivity contribution in [2.75, 3.05) is 21.3 Å². The predicted octanol–water partition coefficient (Wildman–Crippen LogP) is 9.96. The van der Waals surface area contributed by atoms with E-state index in [1.54, 1.807) is 102 Å². The van der Waals surface area contributed by atoms with Crippen LogP contribution in [-0.2, 0) is 14.2 Å². The van der Waals surface area contributed by atoms with Crippen LogP contribution in [0.2, 0.25) is 0 Å². The van der Waals surface area contributed by atoms with Gasteiger partial charge in [0.1, 0.15) is 0 Å². The molecule has 6 aliphatic rings. The van der Waals surface area contributed by atoms with Crippen LogP contribution < -0.4 is 37.9 Å². The molecule has 0 unspecified atom stereocenters. The topological polar surface area (TPSA) is 153 Å². The van der Waals surface area contributed by atoms with Crippen molar-refractivity contribution in [3.05, 3.63) is 39.3 Å². The lowest BCUT2D eigenvalue weighted by Gasteiger charge is -2.29. The Labute approximate surface area is 370 Å². The lowest BCUT2D eigenvalue weighted by Crippen LogP contribution is -2.32. The highest BCUT2D eigenvalue weighted by atomic mass is 32.2. The molecular weight excluding hydrogens is 869 g/mol. The molecule has 0 atom stereocenters. The summed E-state index contributed by atoms with van der Waals surface area (Å²) in [7, 11) is 3.92. The van der Waals surface area contributed by atoms with E-state index in [-0.39, 0.29) is 57.1 Å². The maximum atomic E-state index is 14.0. The van der Waals surface area contributed by atoms with Crippen LogP contribution in [0.5, 0.6) is 46.0 Å². The number of ether oxygens (including phenoxy) is 11. The van der Waals surface area contributed by atoms with E-state index in [1.807, 2.05) is 0 Å². The van der Waals surface area contributed by atoms with Crippen molar-refractivity contribution in [3.63, 3.8) is 0 Å². The van der Waals surface area contributed by atoms with Gasteiger partial charge in [0.15, 0.2) is 57.1 Å². The highest BCUT2D eigenvalue weighted by Crippen LogP contribution is 2.72. The summed E-state index contributed by atoms with van der Waals surface area (Å²) in [5.41, 5.74) is 1.68. The first-order valence-electron chi connectivity index (χ1n) is 19.3. The first kappa shape index (κ1) is 42.2. The molecule has 0 saturated carbocycles. The smallest absolute Gasteiger partial charge is 0.345 e. The van der Waals surface area contributed by atoms with Gasteiger partial charge in [0, 0.05) is 75.0 Å². The van der Waals surface area contributed by atoms with E-state index >= 15 is 0 Å². The van der Waals surface area contributed by atoms with Gasteiger partial charge >= 0.3 is 17.9 Å². The van der Waals surface area contributed by atoms with E-state index in [4.69, 9.17) is 52.1 Å². The van der Waals surface area contributed by atoms with Gasteiger partial charge in [-0.25, -0.2) is 14.4 Å². The lowest BCUT2D eigenvalue weighted by atomic mass is 9.80. The van der Waals surface area contributed by atoms with E-state index in [0.29, 0.717) is 38.0 Å². The summed E-state index contributed by atoms with van der Waals surface area (Å²) in [6, 6.07) is 0. The minimum Gasteiger partial charge on any atom is -0.465 e.